The molecule has 2 amide bonds. The van der Waals surface area contributed by atoms with E-state index in [1.165, 1.54) is 17.0 Å². The number of urea groups is 1. The predicted octanol–water partition coefficient (Wildman–Crippen LogP) is 3.90. The molecule has 3 rings (SSSR count). The van der Waals surface area contributed by atoms with Crippen molar-refractivity contribution in [2.24, 2.45) is 0 Å². The molecule has 1 fully saturated rings. The molecule has 1 aliphatic rings. The van der Waals surface area contributed by atoms with Gasteiger partial charge in [0, 0.05) is 42.4 Å². The number of anilines is 2. The zero-order valence-corrected chi connectivity index (χ0v) is 14.4. The maximum absolute atomic E-state index is 13.0. The van der Waals surface area contributed by atoms with Gasteiger partial charge in [0.1, 0.15) is 5.82 Å². The van der Waals surface area contributed by atoms with E-state index in [4.69, 9.17) is 0 Å². The Kier molecular flexibility index (Phi) is 5.25. The average Bonchev–Trinajstić information content (AvgIpc) is 2.63. The Morgan fingerprint density at radius 3 is 2.21 bits per heavy atom. The Morgan fingerprint density at radius 2 is 1.62 bits per heavy atom. The maximum atomic E-state index is 13.0. The zero-order valence-electron chi connectivity index (χ0n) is 13.5. The highest BCUT2D eigenvalue weighted by atomic mass is 32.2. The summed E-state index contributed by atoms with van der Waals surface area (Å²) in [6, 6.07) is 14.2. The summed E-state index contributed by atoms with van der Waals surface area (Å²) in [6.45, 7) is 2.77. The van der Waals surface area contributed by atoms with Crippen molar-refractivity contribution in [1.82, 2.24) is 4.90 Å². The number of halogens is 1. The Bertz CT molecular complexity index is 682. The normalized spacial score (nSPS) is 14.6. The molecular formula is C18H20FN3OS. The Hall–Kier alpha value is -2.21. The van der Waals surface area contributed by atoms with E-state index in [9.17, 15) is 9.18 Å². The lowest BCUT2D eigenvalue weighted by Crippen LogP contribution is -2.50. The number of amides is 2. The molecule has 2 aromatic rings. The zero-order chi connectivity index (χ0) is 16.9. The van der Waals surface area contributed by atoms with Crippen molar-refractivity contribution < 1.29 is 9.18 Å². The first-order valence-electron chi connectivity index (χ1n) is 7.86. The molecule has 6 heteroatoms. The van der Waals surface area contributed by atoms with Gasteiger partial charge < -0.3 is 15.1 Å². The number of rotatable bonds is 3. The quantitative estimate of drug-likeness (QED) is 0.857. The molecule has 0 radical (unpaired) electrons. The molecule has 0 spiro atoms. The highest BCUT2D eigenvalue weighted by molar-refractivity contribution is 7.98. The molecular weight excluding hydrogens is 325 g/mol. The summed E-state index contributed by atoms with van der Waals surface area (Å²) in [5, 5.41) is 2.93. The van der Waals surface area contributed by atoms with Crippen molar-refractivity contribution in [3.05, 3.63) is 54.3 Å². The minimum atomic E-state index is -0.232. The molecule has 24 heavy (non-hydrogen) atoms. The van der Waals surface area contributed by atoms with E-state index in [1.807, 2.05) is 35.4 Å². The van der Waals surface area contributed by atoms with Crippen LogP contribution in [-0.4, -0.2) is 43.4 Å². The fourth-order valence-corrected chi connectivity index (χ4v) is 3.10. The van der Waals surface area contributed by atoms with E-state index in [1.54, 1.807) is 23.9 Å². The fourth-order valence-electron chi connectivity index (χ4n) is 2.70. The maximum Gasteiger partial charge on any atom is 0.321 e. The molecule has 0 bridgehead atoms. The van der Waals surface area contributed by atoms with Gasteiger partial charge in [-0.1, -0.05) is 0 Å². The average molecular weight is 345 g/mol. The SMILES string of the molecule is CSc1ccc(NC(=O)N2CCN(c3ccc(F)cc3)CC2)cc1. The van der Waals surface area contributed by atoms with Crippen LogP contribution in [0.3, 0.4) is 0 Å². The number of piperazine rings is 1. The molecule has 126 valence electrons. The molecule has 0 saturated carbocycles. The number of hydrogen-bond acceptors (Lipinski definition) is 3. The lowest BCUT2D eigenvalue weighted by molar-refractivity contribution is 0.208. The monoisotopic (exact) mass is 345 g/mol. The lowest BCUT2D eigenvalue weighted by Gasteiger charge is -2.36. The number of benzene rings is 2. The number of carbonyl (C=O) groups excluding carboxylic acids is 1. The van der Waals surface area contributed by atoms with Gasteiger partial charge in [0.25, 0.3) is 0 Å². The third-order valence-electron chi connectivity index (χ3n) is 4.10. The van der Waals surface area contributed by atoms with Gasteiger partial charge in [0.05, 0.1) is 0 Å². The molecule has 4 nitrogen and oxygen atoms in total. The molecule has 0 aliphatic carbocycles. The van der Waals surface area contributed by atoms with E-state index in [-0.39, 0.29) is 11.8 Å². The second kappa shape index (κ2) is 7.57. The summed E-state index contributed by atoms with van der Waals surface area (Å²) >= 11 is 1.67. The van der Waals surface area contributed by atoms with Crippen LogP contribution < -0.4 is 10.2 Å². The summed E-state index contributed by atoms with van der Waals surface area (Å²) < 4.78 is 13.0. The summed E-state index contributed by atoms with van der Waals surface area (Å²) in [7, 11) is 0. The third-order valence-corrected chi connectivity index (χ3v) is 4.84. The van der Waals surface area contributed by atoms with Crippen molar-refractivity contribution in [3.8, 4) is 0 Å². The van der Waals surface area contributed by atoms with Crippen LogP contribution >= 0.6 is 11.8 Å². The van der Waals surface area contributed by atoms with Gasteiger partial charge in [-0.2, -0.15) is 0 Å². The van der Waals surface area contributed by atoms with Gasteiger partial charge >= 0.3 is 6.03 Å². The lowest BCUT2D eigenvalue weighted by atomic mass is 10.2. The second-order valence-electron chi connectivity index (χ2n) is 5.61. The first kappa shape index (κ1) is 16.6. The van der Waals surface area contributed by atoms with Crippen molar-refractivity contribution in [2.75, 3.05) is 42.7 Å². The molecule has 2 aromatic carbocycles. The standard InChI is InChI=1S/C18H20FN3OS/c1-24-17-8-4-15(5-9-17)20-18(23)22-12-10-21(11-13-22)16-6-2-14(19)3-7-16/h2-9H,10-13H2,1H3,(H,20,23). The summed E-state index contributed by atoms with van der Waals surface area (Å²) in [5.41, 5.74) is 1.79. The summed E-state index contributed by atoms with van der Waals surface area (Å²) in [6.07, 6.45) is 2.02. The van der Waals surface area contributed by atoms with Crippen molar-refractivity contribution in [3.63, 3.8) is 0 Å². The predicted molar refractivity (Wildman–Crippen MR) is 97.4 cm³/mol. The van der Waals surface area contributed by atoms with Crippen LogP contribution in [0.5, 0.6) is 0 Å². The number of hydrogen-bond donors (Lipinski definition) is 1. The second-order valence-corrected chi connectivity index (χ2v) is 6.49. The molecule has 1 saturated heterocycles. The summed E-state index contributed by atoms with van der Waals surface area (Å²) in [4.78, 5) is 17.5. The molecule has 1 N–H and O–H groups in total. The van der Waals surface area contributed by atoms with Gasteiger partial charge in [-0.15, -0.1) is 11.8 Å². The van der Waals surface area contributed by atoms with Crippen LogP contribution in [0.25, 0.3) is 0 Å². The molecule has 0 aromatic heterocycles. The van der Waals surface area contributed by atoms with Gasteiger partial charge in [0.15, 0.2) is 0 Å². The number of nitrogens with zero attached hydrogens (tertiary/aromatic N) is 2. The molecule has 1 heterocycles. The van der Waals surface area contributed by atoms with Crippen molar-refractivity contribution in [1.29, 1.82) is 0 Å². The first-order valence-corrected chi connectivity index (χ1v) is 9.09. The van der Waals surface area contributed by atoms with Crippen LogP contribution in [0.4, 0.5) is 20.6 Å². The van der Waals surface area contributed by atoms with Crippen LogP contribution in [0.2, 0.25) is 0 Å². The van der Waals surface area contributed by atoms with Gasteiger partial charge in [-0.05, 0) is 54.8 Å². The molecule has 1 aliphatic heterocycles. The van der Waals surface area contributed by atoms with E-state index in [2.05, 4.69) is 10.2 Å². The van der Waals surface area contributed by atoms with Crippen molar-refractivity contribution in [2.45, 2.75) is 4.90 Å². The van der Waals surface area contributed by atoms with E-state index < -0.39 is 0 Å². The number of carbonyl (C=O) groups is 1. The number of nitrogens with one attached hydrogen (secondary N) is 1. The van der Waals surface area contributed by atoms with Gasteiger partial charge in [0.2, 0.25) is 0 Å². The van der Waals surface area contributed by atoms with Gasteiger partial charge in [-0.25, -0.2) is 9.18 Å². The van der Waals surface area contributed by atoms with Gasteiger partial charge in [-0.3, -0.25) is 0 Å². The fraction of sp³-hybridized carbons (Fsp3) is 0.278. The minimum absolute atomic E-state index is 0.0781. The highest BCUT2D eigenvalue weighted by Gasteiger charge is 2.21. The van der Waals surface area contributed by atoms with Crippen molar-refractivity contribution >= 4 is 29.2 Å². The van der Waals surface area contributed by atoms with Crippen LogP contribution in [-0.2, 0) is 0 Å². The van der Waals surface area contributed by atoms with E-state index in [0.717, 1.165) is 24.5 Å². The Labute approximate surface area is 145 Å². The van der Waals surface area contributed by atoms with Crippen LogP contribution in [0.1, 0.15) is 0 Å². The van der Waals surface area contributed by atoms with E-state index in [0.29, 0.717) is 13.1 Å². The van der Waals surface area contributed by atoms with E-state index >= 15 is 0 Å². The largest absolute Gasteiger partial charge is 0.368 e. The summed E-state index contributed by atoms with van der Waals surface area (Å²) in [5.74, 6) is -0.232. The number of thioether (sulfide) groups is 1. The van der Waals surface area contributed by atoms with Crippen LogP contribution in [0, 0.1) is 5.82 Å². The Balaban J connectivity index is 1.53. The third kappa shape index (κ3) is 4.00. The minimum Gasteiger partial charge on any atom is -0.368 e. The Morgan fingerprint density at radius 1 is 1.00 bits per heavy atom. The highest BCUT2D eigenvalue weighted by Crippen LogP contribution is 2.19. The molecule has 0 atom stereocenters. The first-order chi connectivity index (χ1) is 11.7. The topological polar surface area (TPSA) is 35.6 Å². The molecule has 0 unspecified atom stereocenters. The smallest absolute Gasteiger partial charge is 0.321 e. The van der Waals surface area contributed by atoms with Crippen LogP contribution in [0.15, 0.2) is 53.4 Å².